The minimum Gasteiger partial charge on any atom is -0.493 e. The van der Waals surface area contributed by atoms with Crippen LogP contribution < -0.4 is 14.2 Å². The number of carbonyl (C=O) groups is 2. The van der Waals surface area contributed by atoms with Crippen molar-refractivity contribution in [2.24, 2.45) is 0 Å². The molecule has 0 N–H and O–H groups in total. The van der Waals surface area contributed by atoms with Gasteiger partial charge in [-0.05, 0) is 43.0 Å². The van der Waals surface area contributed by atoms with E-state index in [-0.39, 0.29) is 30.3 Å². The van der Waals surface area contributed by atoms with Gasteiger partial charge in [-0.25, -0.2) is 9.59 Å². The monoisotopic (exact) mass is 481 g/mol. The van der Waals surface area contributed by atoms with E-state index >= 15 is 0 Å². The van der Waals surface area contributed by atoms with Crippen molar-refractivity contribution in [1.82, 2.24) is 4.90 Å². The first-order valence-electron chi connectivity index (χ1n) is 11.6. The fourth-order valence-corrected chi connectivity index (χ4v) is 4.94. The Labute approximate surface area is 205 Å². The molecule has 4 rings (SSSR count). The summed E-state index contributed by atoms with van der Waals surface area (Å²) < 4.78 is 27.6. The second-order valence-electron chi connectivity index (χ2n) is 8.75. The summed E-state index contributed by atoms with van der Waals surface area (Å²) in [5.74, 6) is 0.744. The number of hydrogen-bond acceptors (Lipinski definition) is 8. The number of rotatable bonds is 8. The maximum Gasteiger partial charge on any atom is 0.338 e. The predicted octanol–water partition coefficient (Wildman–Crippen LogP) is 3.73. The molecular weight excluding hydrogens is 450 g/mol. The van der Waals surface area contributed by atoms with E-state index in [1.54, 1.807) is 30.3 Å². The third kappa shape index (κ3) is 5.43. The van der Waals surface area contributed by atoms with Crippen LogP contribution in [0.25, 0.3) is 6.08 Å². The highest BCUT2D eigenvalue weighted by atomic mass is 16.6. The molecule has 0 amide bonds. The van der Waals surface area contributed by atoms with Crippen LogP contribution in [0.5, 0.6) is 17.2 Å². The Balaban J connectivity index is 1.37. The SMILES string of the molecule is COc1cc(C=CC(=O)O[C@@H]2C[C@@H]3C[C@@H](OC(=O)c4ccccc4)[C@H](C2)N3C)cc(OC)c1OC. The van der Waals surface area contributed by atoms with Crippen LogP contribution in [-0.4, -0.2) is 69.5 Å². The first kappa shape index (κ1) is 24.6. The van der Waals surface area contributed by atoms with Crippen molar-refractivity contribution in [3.8, 4) is 17.2 Å². The molecule has 0 radical (unpaired) electrons. The van der Waals surface area contributed by atoms with Gasteiger partial charge in [0.1, 0.15) is 12.2 Å². The van der Waals surface area contributed by atoms with Gasteiger partial charge in [0.05, 0.1) is 32.9 Å². The van der Waals surface area contributed by atoms with E-state index in [0.29, 0.717) is 41.2 Å². The zero-order valence-electron chi connectivity index (χ0n) is 20.4. The van der Waals surface area contributed by atoms with E-state index in [2.05, 4.69) is 4.90 Å². The molecular formula is C27H31NO7. The zero-order chi connectivity index (χ0) is 24.9. The Morgan fingerprint density at radius 1 is 0.914 bits per heavy atom. The lowest BCUT2D eigenvalue weighted by Gasteiger charge is -2.36. The molecule has 2 heterocycles. The summed E-state index contributed by atoms with van der Waals surface area (Å²) in [6.07, 6.45) is 4.64. The summed E-state index contributed by atoms with van der Waals surface area (Å²) in [6.45, 7) is 0. The number of benzene rings is 2. The molecule has 0 aliphatic carbocycles. The lowest BCUT2D eigenvalue weighted by molar-refractivity contribution is -0.146. The van der Waals surface area contributed by atoms with Crippen molar-refractivity contribution in [2.75, 3.05) is 28.4 Å². The Morgan fingerprint density at radius 3 is 2.23 bits per heavy atom. The van der Waals surface area contributed by atoms with Gasteiger partial charge >= 0.3 is 11.9 Å². The Bertz CT molecular complexity index is 1060. The lowest BCUT2D eigenvalue weighted by atomic mass is 10.0. The number of esters is 2. The number of hydrogen-bond donors (Lipinski definition) is 0. The first-order chi connectivity index (χ1) is 16.9. The Hall–Kier alpha value is -3.52. The third-order valence-electron chi connectivity index (χ3n) is 6.72. The van der Waals surface area contributed by atoms with Crippen LogP contribution in [0.15, 0.2) is 48.5 Å². The predicted molar refractivity (Wildman–Crippen MR) is 130 cm³/mol. The average Bonchev–Trinajstić information content (AvgIpc) is 3.03. The van der Waals surface area contributed by atoms with Gasteiger partial charge in [0.25, 0.3) is 0 Å². The molecule has 8 nitrogen and oxygen atoms in total. The minimum absolute atomic E-state index is 0.0123. The number of fused-ring (bicyclic) bond motifs is 2. The minimum atomic E-state index is -0.425. The van der Waals surface area contributed by atoms with E-state index in [0.717, 1.165) is 6.42 Å². The van der Waals surface area contributed by atoms with Crippen LogP contribution >= 0.6 is 0 Å². The van der Waals surface area contributed by atoms with Crippen LogP contribution in [0, 0.1) is 0 Å². The van der Waals surface area contributed by atoms with Gasteiger partial charge in [0, 0.05) is 31.4 Å². The Morgan fingerprint density at radius 2 is 1.60 bits per heavy atom. The summed E-state index contributed by atoms with van der Waals surface area (Å²) in [5.41, 5.74) is 1.25. The second-order valence-corrected chi connectivity index (χ2v) is 8.75. The normalized spacial score (nSPS) is 23.7. The standard InChI is InChI=1S/C27H31NO7/c1-28-19-14-20(16-21(28)22(15-19)35-27(30)18-8-6-5-7-9-18)34-25(29)11-10-17-12-23(31-2)26(33-4)24(13-17)32-3/h5-13,19-22H,14-16H2,1-4H3/t19-,20-,21+,22-/m1/s1. The van der Waals surface area contributed by atoms with Gasteiger partial charge in [-0.15, -0.1) is 0 Å². The van der Waals surface area contributed by atoms with Crippen LogP contribution in [0.3, 0.4) is 0 Å². The number of methoxy groups -OCH3 is 3. The van der Waals surface area contributed by atoms with E-state index < -0.39 is 5.97 Å². The molecule has 2 aromatic carbocycles. The summed E-state index contributed by atoms with van der Waals surface area (Å²) in [6, 6.07) is 12.7. The third-order valence-corrected chi connectivity index (χ3v) is 6.72. The molecule has 0 spiro atoms. The van der Waals surface area contributed by atoms with Crippen molar-refractivity contribution >= 4 is 18.0 Å². The van der Waals surface area contributed by atoms with Crippen molar-refractivity contribution in [1.29, 1.82) is 0 Å². The number of carbonyl (C=O) groups excluding carboxylic acids is 2. The van der Waals surface area contributed by atoms with Gasteiger partial charge in [0.15, 0.2) is 11.5 Å². The zero-order valence-corrected chi connectivity index (χ0v) is 20.4. The fraction of sp³-hybridized carbons (Fsp3) is 0.407. The van der Waals surface area contributed by atoms with E-state index in [1.165, 1.54) is 27.4 Å². The van der Waals surface area contributed by atoms with Crippen molar-refractivity contribution in [3.63, 3.8) is 0 Å². The maximum atomic E-state index is 12.6. The van der Waals surface area contributed by atoms with Crippen molar-refractivity contribution in [3.05, 3.63) is 59.7 Å². The van der Waals surface area contributed by atoms with Gasteiger partial charge in [0.2, 0.25) is 5.75 Å². The molecule has 2 aromatic rings. The smallest absolute Gasteiger partial charge is 0.338 e. The van der Waals surface area contributed by atoms with Crippen molar-refractivity contribution < 1.29 is 33.3 Å². The number of likely N-dealkylation sites (N-methyl/N-ethyl adjacent to an activating group) is 1. The quantitative estimate of drug-likeness (QED) is 0.417. The van der Waals surface area contributed by atoms with E-state index in [4.69, 9.17) is 23.7 Å². The molecule has 35 heavy (non-hydrogen) atoms. The molecule has 0 unspecified atom stereocenters. The maximum absolute atomic E-state index is 12.6. The van der Waals surface area contributed by atoms with Crippen LogP contribution in [-0.2, 0) is 14.3 Å². The highest BCUT2D eigenvalue weighted by Gasteiger charge is 2.47. The van der Waals surface area contributed by atoms with Crippen molar-refractivity contribution in [2.45, 2.75) is 43.6 Å². The Kier molecular flexibility index (Phi) is 7.60. The molecule has 8 heteroatoms. The topological polar surface area (TPSA) is 83.5 Å². The number of nitrogens with zero attached hydrogens (tertiary/aromatic N) is 1. The summed E-state index contributed by atoms with van der Waals surface area (Å²) >= 11 is 0. The van der Waals surface area contributed by atoms with Crippen LogP contribution in [0.4, 0.5) is 0 Å². The largest absolute Gasteiger partial charge is 0.493 e. The molecule has 2 saturated heterocycles. The lowest BCUT2D eigenvalue weighted by Crippen LogP contribution is -2.46. The van der Waals surface area contributed by atoms with Gasteiger partial charge in [-0.3, -0.25) is 4.90 Å². The second kappa shape index (κ2) is 10.8. The summed E-state index contributed by atoms with van der Waals surface area (Å²) in [7, 11) is 6.65. The molecule has 186 valence electrons. The number of piperidine rings is 1. The average molecular weight is 482 g/mol. The highest BCUT2D eigenvalue weighted by molar-refractivity contribution is 5.89. The summed E-state index contributed by atoms with van der Waals surface area (Å²) in [4.78, 5) is 27.4. The molecule has 2 fully saturated rings. The molecule has 0 aromatic heterocycles. The van der Waals surface area contributed by atoms with Crippen LogP contribution in [0.1, 0.15) is 35.2 Å². The molecule has 2 aliphatic heterocycles. The molecule has 0 saturated carbocycles. The van der Waals surface area contributed by atoms with Gasteiger partial charge < -0.3 is 23.7 Å². The fourth-order valence-electron chi connectivity index (χ4n) is 4.94. The van der Waals surface area contributed by atoms with Gasteiger partial charge in [-0.2, -0.15) is 0 Å². The molecule has 4 atom stereocenters. The van der Waals surface area contributed by atoms with Crippen LogP contribution in [0.2, 0.25) is 0 Å². The van der Waals surface area contributed by atoms with Gasteiger partial charge in [-0.1, -0.05) is 18.2 Å². The van der Waals surface area contributed by atoms with E-state index in [9.17, 15) is 9.59 Å². The molecule has 2 bridgehead atoms. The highest BCUT2D eigenvalue weighted by Crippen LogP contribution is 2.39. The number of ether oxygens (including phenoxy) is 5. The molecule has 2 aliphatic rings. The first-order valence-corrected chi connectivity index (χ1v) is 11.6. The van der Waals surface area contributed by atoms with E-state index in [1.807, 2.05) is 25.2 Å². The summed E-state index contributed by atoms with van der Waals surface area (Å²) in [5, 5.41) is 0.